The third-order valence-electron chi connectivity index (χ3n) is 5.65. The van der Waals surface area contributed by atoms with Crippen LogP contribution in [0.1, 0.15) is 61.1 Å². The lowest BCUT2D eigenvalue weighted by Crippen LogP contribution is -2.32. The van der Waals surface area contributed by atoms with E-state index in [1.54, 1.807) is 7.11 Å². The van der Waals surface area contributed by atoms with Crippen molar-refractivity contribution in [3.63, 3.8) is 0 Å². The maximum absolute atomic E-state index is 12.4. The van der Waals surface area contributed by atoms with Crippen molar-refractivity contribution in [2.24, 2.45) is 5.41 Å². The number of nitrogens with zero attached hydrogens (tertiary/aromatic N) is 1. The van der Waals surface area contributed by atoms with E-state index < -0.39 is 11.4 Å². The van der Waals surface area contributed by atoms with Crippen molar-refractivity contribution < 1.29 is 14.6 Å². The van der Waals surface area contributed by atoms with Crippen LogP contribution in [-0.2, 0) is 17.6 Å². The summed E-state index contributed by atoms with van der Waals surface area (Å²) in [6.45, 7) is 7.13. The number of benzene rings is 1. The van der Waals surface area contributed by atoms with Crippen molar-refractivity contribution in [3.8, 4) is 11.3 Å². The fourth-order valence-electron chi connectivity index (χ4n) is 4.04. The second kappa shape index (κ2) is 8.33. The highest BCUT2D eigenvalue weighted by Crippen LogP contribution is 2.43. The predicted molar refractivity (Wildman–Crippen MR) is 115 cm³/mol. The van der Waals surface area contributed by atoms with Gasteiger partial charge in [-0.05, 0) is 48.3 Å². The van der Waals surface area contributed by atoms with Gasteiger partial charge in [-0.15, -0.1) is 0 Å². The molecule has 0 unspecified atom stereocenters. The summed E-state index contributed by atoms with van der Waals surface area (Å²) in [4.78, 5) is 23.9. The predicted octanol–water partition coefficient (Wildman–Crippen LogP) is 4.98. The molecule has 0 saturated carbocycles. The third-order valence-corrected chi connectivity index (χ3v) is 6.00. The molecular weight excluding hydrogens is 390 g/mol. The van der Waals surface area contributed by atoms with E-state index in [1.165, 1.54) is 12.3 Å². The fourth-order valence-corrected chi connectivity index (χ4v) is 4.30. The number of carbonyl (C=O) groups is 1. The fraction of sp³-hybridized carbons (Fsp3) is 0.478. The Morgan fingerprint density at radius 2 is 2.00 bits per heavy atom. The maximum Gasteiger partial charge on any atom is 0.341 e. The van der Waals surface area contributed by atoms with Crippen LogP contribution in [0.2, 0.25) is 5.02 Å². The molecule has 0 bridgehead atoms. The van der Waals surface area contributed by atoms with Crippen LogP contribution in [0.3, 0.4) is 0 Å². The Kier molecular flexibility index (Phi) is 6.20. The summed E-state index contributed by atoms with van der Waals surface area (Å²) in [5.41, 5.74) is 3.09. The Balaban J connectivity index is 2.11. The SMILES string of the molecule is COCCCCc1cc2c(cc1Cl)-c1cc(=O)c(C(=O)O)cn1[C@H](C(C)(C)C)C2. The molecule has 5 nitrogen and oxygen atoms in total. The Bertz CT molecular complexity index is 988. The number of methoxy groups -OCH3 is 1. The van der Waals surface area contributed by atoms with Gasteiger partial charge >= 0.3 is 5.97 Å². The van der Waals surface area contributed by atoms with E-state index in [9.17, 15) is 14.7 Å². The minimum atomic E-state index is -1.20. The van der Waals surface area contributed by atoms with Gasteiger partial charge in [0, 0.05) is 42.6 Å². The van der Waals surface area contributed by atoms with Gasteiger partial charge in [0.2, 0.25) is 0 Å². The molecule has 2 heterocycles. The van der Waals surface area contributed by atoms with Crippen LogP contribution in [0.5, 0.6) is 0 Å². The van der Waals surface area contributed by atoms with Crippen LogP contribution < -0.4 is 5.43 Å². The zero-order valence-electron chi connectivity index (χ0n) is 17.4. The van der Waals surface area contributed by atoms with E-state index >= 15 is 0 Å². The van der Waals surface area contributed by atoms with Crippen molar-refractivity contribution in [2.75, 3.05) is 13.7 Å². The molecule has 0 saturated heterocycles. The average Bonchev–Trinajstić information content (AvgIpc) is 2.63. The first-order chi connectivity index (χ1) is 13.6. The monoisotopic (exact) mass is 417 g/mol. The third kappa shape index (κ3) is 4.41. The highest BCUT2D eigenvalue weighted by molar-refractivity contribution is 6.31. The van der Waals surface area contributed by atoms with Gasteiger partial charge in [0.25, 0.3) is 0 Å². The molecule has 2 aromatic rings. The molecule has 0 aliphatic carbocycles. The second-order valence-corrected chi connectivity index (χ2v) is 9.19. The lowest BCUT2D eigenvalue weighted by molar-refractivity contribution is 0.0693. The molecule has 0 amide bonds. The molecule has 29 heavy (non-hydrogen) atoms. The number of carboxylic acids is 1. The summed E-state index contributed by atoms with van der Waals surface area (Å²) < 4.78 is 7.07. The summed E-state index contributed by atoms with van der Waals surface area (Å²) in [7, 11) is 1.70. The van der Waals surface area contributed by atoms with E-state index in [1.807, 2.05) is 10.6 Å². The number of rotatable bonds is 6. The molecular formula is C23H28ClNO4. The molecule has 156 valence electrons. The normalized spacial score (nSPS) is 15.7. The number of hydrogen-bond donors (Lipinski definition) is 1. The van der Waals surface area contributed by atoms with Crippen molar-refractivity contribution in [2.45, 2.75) is 52.5 Å². The molecule has 0 radical (unpaired) electrons. The molecule has 6 heteroatoms. The molecule has 1 atom stereocenters. The summed E-state index contributed by atoms with van der Waals surface area (Å²) >= 11 is 6.58. The molecule has 1 aliphatic rings. The molecule has 1 N–H and O–H groups in total. The number of pyridine rings is 1. The van der Waals surface area contributed by atoms with Crippen LogP contribution in [0.4, 0.5) is 0 Å². The van der Waals surface area contributed by atoms with Gasteiger partial charge in [-0.1, -0.05) is 38.4 Å². The largest absolute Gasteiger partial charge is 0.477 e. The van der Waals surface area contributed by atoms with Crippen molar-refractivity contribution in [1.82, 2.24) is 4.57 Å². The number of hydrogen-bond acceptors (Lipinski definition) is 3. The number of halogens is 1. The number of fused-ring (bicyclic) bond motifs is 3. The minimum absolute atomic E-state index is 0.0335. The van der Waals surface area contributed by atoms with Crippen molar-refractivity contribution >= 4 is 17.6 Å². The van der Waals surface area contributed by atoms with E-state index in [2.05, 4.69) is 26.8 Å². The first-order valence-electron chi connectivity index (χ1n) is 9.93. The van der Waals surface area contributed by atoms with E-state index in [-0.39, 0.29) is 17.0 Å². The van der Waals surface area contributed by atoms with Gasteiger partial charge in [0.05, 0.1) is 5.69 Å². The van der Waals surface area contributed by atoms with Crippen LogP contribution in [-0.4, -0.2) is 29.4 Å². The van der Waals surface area contributed by atoms with Crippen LogP contribution in [0, 0.1) is 5.41 Å². The summed E-state index contributed by atoms with van der Waals surface area (Å²) in [6, 6.07) is 5.55. The zero-order valence-corrected chi connectivity index (χ0v) is 18.2. The standard InChI is InChI=1S/C23H28ClNO4/c1-23(2,3)21-10-15-9-14(7-5-6-8-29-4)18(24)11-16(15)19-12-20(26)17(22(27)28)13-25(19)21/h9,11-13,21H,5-8,10H2,1-4H3,(H,27,28)/t21-/m0/s1. The summed E-state index contributed by atoms with van der Waals surface area (Å²) in [5.74, 6) is -1.20. The first kappa shape index (κ1) is 21.6. The quantitative estimate of drug-likeness (QED) is 0.673. The van der Waals surface area contributed by atoms with Crippen LogP contribution >= 0.6 is 11.6 Å². The van der Waals surface area contributed by atoms with Gasteiger partial charge in [0.15, 0.2) is 5.43 Å². The lowest BCUT2D eigenvalue weighted by Gasteiger charge is -2.39. The number of ether oxygens (including phenoxy) is 1. The first-order valence-corrected chi connectivity index (χ1v) is 10.3. The van der Waals surface area contributed by atoms with Gasteiger partial charge in [-0.2, -0.15) is 0 Å². The molecule has 1 aromatic heterocycles. The van der Waals surface area contributed by atoms with Gasteiger partial charge < -0.3 is 14.4 Å². The lowest BCUT2D eigenvalue weighted by atomic mass is 9.78. The Hall–Kier alpha value is -2.11. The summed E-state index contributed by atoms with van der Waals surface area (Å²) in [5, 5.41) is 10.1. The Labute approximate surface area is 176 Å². The number of aryl methyl sites for hydroxylation is 1. The van der Waals surface area contributed by atoms with E-state index in [0.29, 0.717) is 5.02 Å². The Morgan fingerprint density at radius 3 is 2.62 bits per heavy atom. The molecule has 1 aromatic carbocycles. The second-order valence-electron chi connectivity index (χ2n) is 8.79. The van der Waals surface area contributed by atoms with Gasteiger partial charge in [-0.25, -0.2) is 4.79 Å². The van der Waals surface area contributed by atoms with E-state index in [4.69, 9.17) is 16.3 Å². The highest BCUT2D eigenvalue weighted by atomic mass is 35.5. The highest BCUT2D eigenvalue weighted by Gasteiger charge is 2.33. The minimum Gasteiger partial charge on any atom is -0.477 e. The molecule has 1 aliphatic heterocycles. The maximum atomic E-state index is 12.4. The van der Waals surface area contributed by atoms with Crippen molar-refractivity contribution in [1.29, 1.82) is 0 Å². The zero-order chi connectivity index (χ0) is 21.3. The van der Waals surface area contributed by atoms with Crippen LogP contribution in [0.25, 0.3) is 11.3 Å². The van der Waals surface area contributed by atoms with E-state index in [0.717, 1.165) is 54.7 Å². The smallest absolute Gasteiger partial charge is 0.341 e. The van der Waals surface area contributed by atoms with Crippen molar-refractivity contribution in [3.05, 3.63) is 56.3 Å². The number of carboxylic acid groups (broad SMARTS) is 1. The van der Waals surface area contributed by atoms with Gasteiger partial charge in [0.1, 0.15) is 5.56 Å². The number of unbranched alkanes of at least 4 members (excludes halogenated alkanes) is 1. The van der Waals surface area contributed by atoms with Crippen LogP contribution in [0.15, 0.2) is 29.2 Å². The average molecular weight is 418 g/mol. The summed E-state index contributed by atoms with van der Waals surface area (Å²) in [6.07, 6.45) is 5.10. The molecule has 0 spiro atoms. The topological polar surface area (TPSA) is 68.5 Å². The Morgan fingerprint density at radius 1 is 1.28 bits per heavy atom. The molecule has 0 fully saturated rings. The number of aromatic carboxylic acids is 1. The van der Waals surface area contributed by atoms with Gasteiger partial charge in [-0.3, -0.25) is 4.79 Å². The number of aromatic nitrogens is 1. The molecule has 3 rings (SSSR count).